The van der Waals surface area contributed by atoms with Crippen molar-refractivity contribution in [3.63, 3.8) is 0 Å². The number of aliphatic imine (C=N–C) groups is 1. The van der Waals surface area contributed by atoms with Gasteiger partial charge in [0.2, 0.25) is 0 Å². The molecule has 1 aliphatic heterocycles. The van der Waals surface area contributed by atoms with E-state index in [9.17, 15) is 13.2 Å². The molecule has 26 heavy (non-hydrogen) atoms. The van der Waals surface area contributed by atoms with Crippen LogP contribution < -0.4 is 16.0 Å². The summed E-state index contributed by atoms with van der Waals surface area (Å²) in [5.41, 5.74) is -0.512. The van der Waals surface area contributed by atoms with Gasteiger partial charge in [0, 0.05) is 39.3 Å². The van der Waals surface area contributed by atoms with Gasteiger partial charge in [-0.2, -0.15) is 0 Å². The number of rotatable bonds is 7. The van der Waals surface area contributed by atoms with E-state index < -0.39 is 21.5 Å². The summed E-state index contributed by atoms with van der Waals surface area (Å²) in [4.78, 5) is 18.2. The molecule has 152 valence electrons. The second-order valence-corrected chi connectivity index (χ2v) is 9.41. The highest BCUT2D eigenvalue weighted by Gasteiger charge is 2.20. The number of amides is 1. The van der Waals surface area contributed by atoms with Gasteiger partial charge < -0.3 is 20.7 Å². The molecule has 1 rings (SSSR count). The predicted molar refractivity (Wildman–Crippen MR) is 103 cm³/mol. The average Bonchev–Trinajstić information content (AvgIpc) is 2.51. The number of carbonyl (C=O) groups excluding carboxylic acids is 1. The van der Waals surface area contributed by atoms with Gasteiger partial charge in [-0.15, -0.1) is 0 Å². The summed E-state index contributed by atoms with van der Waals surface area (Å²) in [6.07, 6.45) is -0.443. The van der Waals surface area contributed by atoms with Gasteiger partial charge in [0.1, 0.15) is 5.60 Å². The third-order valence-electron chi connectivity index (χ3n) is 3.55. The Morgan fingerprint density at radius 3 is 2.31 bits per heavy atom. The lowest BCUT2D eigenvalue weighted by molar-refractivity contribution is 0.0529. The molecule has 0 aromatic heterocycles. The minimum Gasteiger partial charge on any atom is -0.444 e. The van der Waals surface area contributed by atoms with Crippen molar-refractivity contribution in [1.82, 2.24) is 20.9 Å². The van der Waals surface area contributed by atoms with E-state index in [0.717, 1.165) is 13.1 Å². The normalized spacial score (nSPS) is 18.2. The monoisotopic (exact) mass is 391 g/mol. The van der Waals surface area contributed by atoms with Crippen LogP contribution in [0.5, 0.6) is 0 Å². The lowest BCUT2D eigenvalue weighted by Gasteiger charge is -2.25. The fourth-order valence-corrected chi connectivity index (χ4v) is 3.56. The number of nitrogens with zero attached hydrogens (tertiary/aromatic N) is 2. The number of hydrogen-bond acceptors (Lipinski definition) is 6. The summed E-state index contributed by atoms with van der Waals surface area (Å²) in [5, 5.41) is 8.96. The van der Waals surface area contributed by atoms with Gasteiger partial charge in [0.05, 0.1) is 18.1 Å². The lowest BCUT2D eigenvalue weighted by atomic mass is 10.2. The van der Waals surface area contributed by atoms with Gasteiger partial charge in [-0.3, -0.25) is 9.89 Å². The van der Waals surface area contributed by atoms with Gasteiger partial charge in [-0.25, -0.2) is 13.2 Å². The molecule has 0 aromatic rings. The van der Waals surface area contributed by atoms with Crippen LogP contribution in [0.15, 0.2) is 4.99 Å². The van der Waals surface area contributed by atoms with Crippen molar-refractivity contribution in [2.45, 2.75) is 33.3 Å². The van der Waals surface area contributed by atoms with Crippen molar-refractivity contribution >= 4 is 21.9 Å². The van der Waals surface area contributed by atoms with Crippen molar-refractivity contribution in [3.05, 3.63) is 0 Å². The van der Waals surface area contributed by atoms with Gasteiger partial charge in [-0.1, -0.05) is 0 Å². The van der Waals surface area contributed by atoms with Crippen LogP contribution in [-0.2, 0) is 14.6 Å². The molecular formula is C16H33N5O4S. The van der Waals surface area contributed by atoms with Crippen molar-refractivity contribution < 1.29 is 17.9 Å². The third-order valence-corrected chi connectivity index (χ3v) is 5.16. The minimum atomic E-state index is -2.85. The Morgan fingerprint density at radius 1 is 1.12 bits per heavy atom. The Bertz CT molecular complexity index is 558. The van der Waals surface area contributed by atoms with Gasteiger partial charge in [0.15, 0.2) is 15.8 Å². The molecule has 1 aliphatic rings. The van der Waals surface area contributed by atoms with Crippen LogP contribution in [0.2, 0.25) is 0 Å². The zero-order valence-corrected chi connectivity index (χ0v) is 17.1. The Labute approximate surface area is 156 Å². The molecule has 1 heterocycles. The summed E-state index contributed by atoms with van der Waals surface area (Å²) in [6.45, 7) is 11.5. The van der Waals surface area contributed by atoms with E-state index >= 15 is 0 Å². The first kappa shape index (κ1) is 22.5. The first-order valence-electron chi connectivity index (χ1n) is 9.03. The van der Waals surface area contributed by atoms with Gasteiger partial charge in [0.25, 0.3) is 0 Å². The van der Waals surface area contributed by atoms with Crippen LogP contribution in [0.1, 0.15) is 27.7 Å². The van der Waals surface area contributed by atoms with Crippen molar-refractivity contribution in [3.8, 4) is 0 Å². The Balaban J connectivity index is 2.27. The van der Waals surface area contributed by atoms with Crippen LogP contribution in [0.25, 0.3) is 0 Å². The van der Waals surface area contributed by atoms with Crippen molar-refractivity contribution in [2.24, 2.45) is 4.99 Å². The van der Waals surface area contributed by atoms with Crippen LogP contribution in [-0.4, -0.2) is 88.3 Å². The van der Waals surface area contributed by atoms with E-state index in [1.807, 2.05) is 27.7 Å². The van der Waals surface area contributed by atoms with Crippen LogP contribution in [0, 0.1) is 0 Å². The van der Waals surface area contributed by atoms with Crippen LogP contribution in [0.4, 0.5) is 4.79 Å². The molecule has 0 atom stereocenters. The maximum absolute atomic E-state index is 11.6. The van der Waals surface area contributed by atoms with E-state index in [0.29, 0.717) is 38.7 Å². The average molecular weight is 392 g/mol. The third kappa shape index (κ3) is 10.4. The molecule has 0 bridgehead atoms. The summed E-state index contributed by atoms with van der Waals surface area (Å²) < 4.78 is 28.0. The van der Waals surface area contributed by atoms with Gasteiger partial charge in [-0.05, 0) is 27.7 Å². The number of nitrogens with one attached hydrogen (secondary N) is 3. The second-order valence-electron chi connectivity index (χ2n) is 7.11. The highest BCUT2D eigenvalue weighted by molar-refractivity contribution is 7.91. The number of alkyl carbamates (subject to hydrolysis) is 1. The predicted octanol–water partition coefficient (Wildman–Crippen LogP) is -0.203. The maximum atomic E-state index is 11.6. The number of guanidine groups is 1. The van der Waals surface area contributed by atoms with E-state index in [4.69, 9.17) is 4.74 Å². The summed E-state index contributed by atoms with van der Waals surface area (Å²) in [5.74, 6) is 1.12. The smallest absolute Gasteiger partial charge is 0.407 e. The van der Waals surface area contributed by atoms with E-state index in [1.54, 1.807) is 0 Å². The minimum absolute atomic E-state index is 0.228. The molecular weight excluding hydrogens is 358 g/mol. The molecule has 1 amide bonds. The zero-order chi connectivity index (χ0) is 19.6. The highest BCUT2D eigenvalue weighted by atomic mass is 32.2. The molecule has 1 saturated heterocycles. The lowest BCUT2D eigenvalue weighted by Crippen LogP contribution is -2.43. The first-order valence-corrected chi connectivity index (χ1v) is 10.9. The fraction of sp³-hybridized carbons (Fsp3) is 0.875. The first-order chi connectivity index (χ1) is 12.1. The molecule has 3 N–H and O–H groups in total. The molecule has 1 fully saturated rings. The summed E-state index contributed by atoms with van der Waals surface area (Å²) in [6, 6.07) is 0. The van der Waals surface area contributed by atoms with E-state index in [2.05, 4.69) is 25.8 Å². The van der Waals surface area contributed by atoms with Crippen molar-refractivity contribution in [1.29, 1.82) is 0 Å². The zero-order valence-electron chi connectivity index (χ0n) is 16.3. The molecule has 0 unspecified atom stereocenters. The Hall–Kier alpha value is -1.55. The van der Waals surface area contributed by atoms with Crippen LogP contribution in [0.3, 0.4) is 0 Å². The number of carbonyl (C=O) groups is 1. The largest absolute Gasteiger partial charge is 0.444 e. The standard InChI is InChI=1S/C16H33N5O4S/c1-5-17-14(18-6-7-20-15(22)25-16(2,3)4)19-8-9-21-10-12-26(23,24)13-11-21/h5-13H2,1-4H3,(H,20,22)(H2,17,18,19). The fourth-order valence-electron chi connectivity index (χ4n) is 2.28. The van der Waals surface area contributed by atoms with Gasteiger partial charge >= 0.3 is 6.09 Å². The molecule has 10 heteroatoms. The molecule has 0 aliphatic carbocycles. The SMILES string of the molecule is CCNC(=NCCN1CCS(=O)(=O)CC1)NCCNC(=O)OC(C)(C)C. The molecule has 0 radical (unpaired) electrons. The number of hydrogen-bond donors (Lipinski definition) is 3. The molecule has 9 nitrogen and oxygen atoms in total. The summed E-state index contributed by atoms with van der Waals surface area (Å²) in [7, 11) is -2.85. The number of sulfone groups is 1. The molecule has 0 spiro atoms. The van der Waals surface area contributed by atoms with E-state index in [-0.39, 0.29) is 11.5 Å². The molecule has 0 saturated carbocycles. The van der Waals surface area contributed by atoms with E-state index in [1.165, 1.54) is 0 Å². The quantitative estimate of drug-likeness (QED) is 0.313. The maximum Gasteiger partial charge on any atom is 0.407 e. The van der Waals surface area contributed by atoms with Crippen molar-refractivity contribution in [2.75, 3.05) is 57.3 Å². The highest BCUT2D eigenvalue weighted by Crippen LogP contribution is 2.06. The van der Waals surface area contributed by atoms with Crippen LogP contribution >= 0.6 is 0 Å². The topological polar surface area (TPSA) is 112 Å². The Kier molecular flexibility index (Phi) is 9.14. The second kappa shape index (κ2) is 10.6. The number of ether oxygens (including phenoxy) is 1. The molecule has 0 aromatic carbocycles. The summed E-state index contributed by atoms with van der Waals surface area (Å²) >= 11 is 0. The Morgan fingerprint density at radius 2 is 1.73 bits per heavy atom.